The first kappa shape index (κ1) is 17.6. The molecule has 0 unspecified atom stereocenters. The van der Waals surface area contributed by atoms with Crippen LogP contribution in [0.2, 0.25) is 0 Å². The maximum Gasteiger partial charge on any atom is 0.276 e. The molecule has 5 nitrogen and oxygen atoms in total. The maximum absolute atomic E-state index is 13.5. The second kappa shape index (κ2) is 8.26. The lowest BCUT2D eigenvalue weighted by molar-refractivity contribution is -0.115. The van der Waals surface area contributed by atoms with Crippen molar-refractivity contribution in [1.29, 1.82) is 0 Å². The molecule has 0 atom stereocenters. The summed E-state index contributed by atoms with van der Waals surface area (Å²) in [4.78, 5) is 11.9. The molecule has 8 heteroatoms. The van der Waals surface area contributed by atoms with E-state index in [4.69, 9.17) is 4.42 Å². The van der Waals surface area contributed by atoms with Crippen LogP contribution in [-0.2, 0) is 4.79 Å². The van der Waals surface area contributed by atoms with Crippen molar-refractivity contribution in [2.24, 2.45) is 0 Å². The maximum atomic E-state index is 13.5. The lowest BCUT2D eigenvalue weighted by Gasteiger charge is -2.05. The number of halogens is 2. The van der Waals surface area contributed by atoms with E-state index < -0.39 is 5.82 Å². The molecule has 1 N–H and O–H groups in total. The quantitative estimate of drug-likeness (QED) is 0.581. The zero-order valence-corrected chi connectivity index (χ0v) is 15.3. The molecule has 3 rings (SSSR count). The van der Waals surface area contributed by atoms with Crippen LogP contribution in [0, 0.1) is 5.82 Å². The molecule has 1 amide bonds. The summed E-state index contributed by atoms with van der Waals surface area (Å²) >= 11 is 4.71. The lowest BCUT2D eigenvalue weighted by atomic mass is 10.2. The van der Waals surface area contributed by atoms with Gasteiger partial charge in [0.15, 0.2) is 0 Å². The van der Waals surface area contributed by atoms with Gasteiger partial charge in [0, 0.05) is 16.6 Å². The second-order valence-corrected chi connectivity index (χ2v) is 6.88. The van der Waals surface area contributed by atoms with E-state index in [1.165, 1.54) is 23.9 Å². The molecule has 0 bridgehead atoms. The van der Waals surface area contributed by atoms with Crippen molar-refractivity contribution in [3.8, 4) is 11.5 Å². The molecular weight excluding hydrogens is 409 g/mol. The van der Waals surface area contributed by atoms with E-state index in [-0.39, 0.29) is 18.0 Å². The molecule has 0 radical (unpaired) electrons. The van der Waals surface area contributed by atoms with Gasteiger partial charge < -0.3 is 9.73 Å². The standard InChI is InChI=1S/C17H13BrFN3O2S/c18-12-6-2-1-5-11(12)16-21-22-17(24-16)25-10-9-15(23)20-14-8-4-3-7-13(14)19/h1-8H,9-10H2,(H,20,23). The van der Waals surface area contributed by atoms with Crippen LogP contribution in [0.25, 0.3) is 11.5 Å². The number of anilines is 1. The SMILES string of the molecule is O=C(CCSc1nnc(-c2ccccc2Br)o1)Nc1ccccc1F. The summed E-state index contributed by atoms with van der Waals surface area (Å²) in [6, 6.07) is 13.6. The first-order chi connectivity index (χ1) is 12.1. The summed E-state index contributed by atoms with van der Waals surface area (Å²) < 4.78 is 19.9. The molecule has 3 aromatic rings. The summed E-state index contributed by atoms with van der Waals surface area (Å²) in [6.45, 7) is 0. The highest BCUT2D eigenvalue weighted by molar-refractivity contribution is 9.10. The zero-order chi connectivity index (χ0) is 17.6. The number of rotatable bonds is 6. The average molecular weight is 422 g/mol. The highest BCUT2D eigenvalue weighted by atomic mass is 79.9. The number of amides is 1. The third-order valence-electron chi connectivity index (χ3n) is 3.21. The number of aromatic nitrogens is 2. The van der Waals surface area contributed by atoms with Crippen LogP contribution >= 0.6 is 27.7 Å². The Morgan fingerprint density at radius 3 is 2.72 bits per heavy atom. The lowest BCUT2D eigenvalue weighted by Crippen LogP contribution is -2.13. The fourth-order valence-corrected chi connectivity index (χ4v) is 3.17. The molecular formula is C17H13BrFN3O2S. The van der Waals surface area contributed by atoms with Crippen molar-refractivity contribution in [3.63, 3.8) is 0 Å². The minimum absolute atomic E-state index is 0.173. The van der Waals surface area contributed by atoms with Crippen LogP contribution in [-0.4, -0.2) is 21.9 Å². The summed E-state index contributed by atoms with van der Waals surface area (Å²) in [5, 5.41) is 10.9. The molecule has 0 aliphatic rings. The number of nitrogens with one attached hydrogen (secondary N) is 1. The van der Waals surface area contributed by atoms with E-state index in [1.807, 2.05) is 24.3 Å². The van der Waals surface area contributed by atoms with Crippen molar-refractivity contribution in [2.75, 3.05) is 11.1 Å². The van der Waals surface area contributed by atoms with Crippen molar-refractivity contribution in [2.45, 2.75) is 11.6 Å². The van der Waals surface area contributed by atoms with Crippen molar-refractivity contribution in [1.82, 2.24) is 10.2 Å². The molecule has 0 aliphatic carbocycles. The van der Waals surface area contributed by atoms with E-state index in [0.717, 1.165) is 10.0 Å². The van der Waals surface area contributed by atoms with E-state index in [0.29, 0.717) is 16.9 Å². The van der Waals surface area contributed by atoms with Crippen molar-refractivity contribution >= 4 is 39.3 Å². The smallest absolute Gasteiger partial charge is 0.276 e. The van der Waals surface area contributed by atoms with Crippen LogP contribution in [0.3, 0.4) is 0 Å². The van der Waals surface area contributed by atoms with Gasteiger partial charge in [0.05, 0.1) is 11.3 Å². The van der Waals surface area contributed by atoms with Gasteiger partial charge in [-0.15, -0.1) is 10.2 Å². The number of carbonyl (C=O) groups excluding carboxylic acids is 1. The van der Waals surface area contributed by atoms with Crippen LogP contribution in [0.4, 0.5) is 10.1 Å². The van der Waals surface area contributed by atoms with Gasteiger partial charge in [-0.3, -0.25) is 4.79 Å². The van der Waals surface area contributed by atoms with Gasteiger partial charge >= 0.3 is 0 Å². The third kappa shape index (κ3) is 4.67. The average Bonchev–Trinajstić information content (AvgIpc) is 3.06. The van der Waals surface area contributed by atoms with Gasteiger partial charge in [-0.2, -0.15) is 0 Å². The molecule has 2 aromatic carbocycles. The van der Waals surface area contributed by atoms with E-state index in [9.17, 15) is 9.18 Å². The minimum atomic E-state index is -0.460. The van der Waals surface area contributed by atoms with Gasteiger partial charge in [-0.1, -0.05) is 36.0 Å². The Morgan fingerprint density at radius 1 is 1.16 bits per heavy atom. The summed E-state index contributed by atoms with van der Waals surface area (Å²) in [5.74, 6) is 0.116. The number of thioether (sulfide) groups is 1. The van der Waals surface area contributed by atoms with Gasteiger partial charge in [0.25, 0.3) is 5.22 Å². The Morgan fingerprint density at radius 2 is 1.92 bits per heavy atom. The number of nitrogens with zero attached hydrogens (tertiary/aromatic N) is 2. The number of hydrogen-bond acceptors (Lipinski definition) is 5. The molecule has 0 spiro atoms. The first-order valence-electron chi connectivity index (χ1n) is 7.39. The number of para-hydroxylation sites is 1. The molecule has 0 fully saturated rings. The summed E-state index contributed by atoms with van der Waals surface area (Å²) in [7, 11) is 0. The Labute approximate surface area is 156 Å². The highest BCUT2D eigenvalue weighted by Gasteiger charge is 2.12. The van der Waals surface area contributed by atoms with E-state index in [2.05, 4.69) is 31.4 Å². The monoisotopic (exact) mass is 421 g/mol. The van der Waals surface area contributed by atoms with Crippen LogP contribution in [0.5, 0.6) is 0 Å². The predicted molar refractivity (Wildman–Crippen MR) is 97.8 cm³/mol. The van der Waals surface area contributed by atoms with Crippen molar-refractivity contribution in [3.05, 3.63) is 58.8 Å². The second-order valence-electron chi connectivity index (χ2n) is 4.98. The largest absolute Gasteiger partial charge is 0.411 e. The number of carbonyl (C=O) groups is 1. The molecule has 0 saturated heterocycles. The molecule has 128 valence electrons. The van der Waals surface area contributed by atoms with E-state index >= 15 is 0 Å². The summed E-state index contributed by atoms with van der Waals surface area (Å²) in [6.07, 6.45) is 0.200. The van der Waals surface area contributed by atoms with Gasteiger partial charge in [0.2, 0.25) is 11.8 Å². The van der Waals surface area contributed by atoms with Crippen molar-refractivity contribution < 1.29 is 13.6 Å². The molecule has 25 heavy (non-hydrogen) atoms. The molecule has 0 saturated carbocycles. The molecule has 1 heterocycles. The van der Waals surface area contributed by atoms with Crippen LogP contribution in [0.1, 0.15) is 6.42 Å². The molecule has 0 aliphatic heterocycles. The predicted octanol–water partition coefficient (Wildman–Crippen LogP) is 4.76. The van der Waals surface area contributed by atoms with E-state index in [1.54, 1.807) is 12.1 Å². The van der Waals surface area contributed by atoms with Gasteiger partial charge in [-0.25, -0.2) is 4.39 Å². The normalized spacial score (nSPS) is 10.6. The fraction of sp³-hybridized carbons (Fsp3) is 0.118. The van der Waals surface area contributed by atoms with Gasteiger partial charge in [0.1, 0.15) is 5.82 Å². The number of hydrogen-bond donors (Lipinski definition) is 1. The third-order valence-corrected chi connectivity index (χ3v) is 4.73. The molecule has 1 aromatic heterocycles. The topological polar surface area (TPSA) is 68.0 Å². The Balaban J connectivity index is 1.52. The first-order valence-corrected chi connectivity index (χ1v) is 9.17. The fourth-order valence-electron chi connectivity index (χ4n) is 2.02. The van der Waals surface area contributed by atoms with Crippen LogP contribution < -0.4 is 5.32 Å². The Bertz CT molecular complexity index is 888. The summed E-state index contributed by atoms with van der Waals surface area (Å²) in [5.41, 5.74) is 0.977. The van der Waals surface area contributed by atoms with Crippen LogP contribution in [0.15, 0.2) is 62.6 Å². The zero-order valence-electron chi connectivity index (χ0n) is 12.9. The number of benzene rings is 2. The highest BCUT2D eigenvalue weighted by Crippen LogP contribution is 2.29. The Hall–Kier alpha value is -2.19. The van der Waals surface area contributed by atoms with Gasteiger partial charge in [-0.05, 0) is 40.2 Å². The Kier molecular flexibility index (Phi) is 5.83. The minimum Gasteiger partial charge on any atom is -0.411 e.